The summed E-state index contributed by atoms with van der Waals surface area (Å²) in [7, 11) is 1.60. The molecule has 1 heterocycles. The Kier molecular flexibility index (Phi) is 6.64. The molecule has 31 heavy (non-hydrogen) atoms. The molecule has 0 spiro atoms. The molecular formula is C24H25N3O3S. The first kappa shape index (κ1) is 21.1. The van der Waals surface area contributed by atoms with Crippen molar-refractivity contribution in [1.29, 1.82) is 0 Å². The Morgan fingerprint density at radius 1 is 0.935 bits per heavy atom. The molecule has 1 unspecified atom stereocenters. The van der Waals surface area contributed by atoms with Gasteiger partial charge in [-0.3, -0.25) is 4.79 Å². The van der Waals surface area contributed by atoms with E-state index in [0.29, 0.717) is 29.2 Å². The van der Waals surface area contributed by atoms with E-state index in [4.69, 9.17) is 4.74 Å². The number of carbonyl (C=O) groups is 1. The second kappa shape index (κ2) is 9.76. The molecule has 3 aromatic carbocycles. The lowest BCUT2D eigenvalue weighted by Gasteiger charge is -2.36. The standard InChI is InChI=1S/C24H25N3O3S/c1-30-22-12-10-20(11-13-22)25-31(29)23-9-5-6-19(18-23)24(28)27-16-14-26(15-17-27)21-7-3-2-4-8-21/h2-13,18,25H,14-17H2,1H3. The first-order valence-electron chi connectivity index (χ1n) is 10.2. The molecule has 0 aromatic heterocycles. The van der Waals surface area contributed by atoms with Gasteiger partial charge in [0.15, 0.2) is 4.90 Å². The van der Waals surface area contributed by atoms with E-state index < -0.39 is 11.4 Å². The molecule has 1 aliphatic rings. The Hall–Kier alpha value is -3.16. The van der Waals surface area contributed by atoms with Crippen molar-refractivity contribution in [1.82, 2.24) is 4.90 Å². The Morgan fingerprint density at radius 3 is 2.32 bits per heavy atom. The van der Waals surface area contributed by atoms with Gasteiger partial charge in [0.25, 0.3) is 5.91 Å². The minimum atomic E-state index is -1.48. The summed E-state index contributed by atoms with van der Waals surface area (Å²) in [6, 6.07) is 24.5. The molecule has 3 aromatic rings. The van der Waals surface area contributed by atoms with E-state index >= 15 is 0 Å². The van der Waals surface area contributed by atoms with Gasteiger partial charge in [-0.2, -0.15) is 0 Å². The molecule has 0 bridgehead atoms. The third kappa shape index (κ3) is 5.13. The zero-order chi connectivity index (χ0) is 21.6. The smallest absolute Gasteiger partial charge is 0.254 e. The highest BCUT2D eigenvalue weighted by atomic mass is 32.2. The number of rotatable bonds is 6. The van der Waals surface area contributed by atoms with Gasteiger partial charge in [-0.15, -0.1) is 0 Å². The highest BCUT2D eigenvalue weighted by molar-refractivity contribution is 7.92. The summed E-state index contributed by atoms with van der Waals surface area (Å²) in [5.41, 5.74) is 2.44. The van der Waals surface area contributed by atoms with Crippen LogP contribution in [0.25, 0.3) is 0 Å². The fraction of sp³-hybridized carbons (Fsp3) is 0.208. The van der Waals surface area contributed by atoms with E-state index in [1.165, 1.54) is 5.69 Å². The molecule has 6 nitrogen and oxygen atoms in total. The third-order valence-electron chi connectivity index (χ3n) is 5.28. The fourth-order valence-corrected chi connectivity index (χ4v) is 4.46. The lowest BCUT2D eigenvalue weighted by molar-refractivity contribution is 0.0746. The van der Waals surface area contributed by atoms with Crippen molar-refractivity contribution in [2.24, 2.45) is 0 Å². The van der Waals surface area contributed by atoms with E-state index in [1.54, 1.807) is 55.6 Å². The van der Waals surface area contributed by atoms with E-state index in [0.717, 1.165) is 18.8 Å². The van der Waals surface area contributed by atoms with E-state index in [2.05, 4.69) is 21.8 Å². The average Bonchev–Trinajstić information content (AvgIpc) is 2.85. The van der Waals surface area contributed by atoms with Crippen LogP contribution in [0.2, 0.25) is 0 Å². The number of amides is 1. The van der Waals surface area contributed by atoms with Crippen molar-refractivity contribution in [3.05, 3.63) is 84.4 Å². The minimum Gasteiger partial charge on any atom is -0.588 e. The predicted octanol–water partition coefficient (Wildman–Crippen LogP) is 3.79. The van der Waals surface area contributed by atoms with E-state index in [-0.39, 0.29) is 5.91 Å². The predicted molar refractivity (Wildman–Crippen MR) is 124 cm³/mol. The summed E-state index contributed by atoms with van der Waals surface area (Å²) in [5, 5.41) is 0. The molecule has 1 N–H and O–H groups in total. The Labute approximate surface area is 185 Å². The molecular weight excluding hydrogens is 410 g/mol. The maximum absolute atomic E-state index is 13.0. The largest absolute Gasteiger partial charge is 0.588 e. The molecule has 1 amide bonds. The van der Waals surface area contributed by atoms with Gasteiger partial charge in [0.2, 0.25) is 0 Å². The quantitative estimate of drug-likeness (QED) is 0.597. The maximum Gasteiger partial charge on any atom is 0.254 e. The lowest BCUT2D eigenvalue weighted by Crippen LogP contribution is -2.48. The van der Waals surface area contributed by atoms with Crippen LogP contribution in [0.15, 0.2) is 83.8 Å². The summed E-state index contributed by atoms with van der Waals surface area (Å²) < 4.78 is 20.9. The lowest BCUT2D eigenvalue weighted by atomic mass is 10.1. The maximum atomic E-state index is 13.0. The van der Waals surface area contributed by atoms with E-state index in [9.17, 15) is 9.35 Å². The Morgan fingerprint density at radius 2 is 1.65 bits per heavy atom. The van der Waals surface area contributed by atoms with Crippen molar-refractivity contribution in [2.45, 2.75) is 4.90 Å². The molecule has 1 fully saturated rings. The number of methoxy groups -OCH3 is 1. The number of hydrogen-bond acceptors (Lipinski definition) is 5. The zero-order valence-electron chi connectivity index (χ0n) is 17.4. The van der Waals surface area contributed by atoms with Gasteiger partial charge in [-0.1, -0.05) is 24.3 Å². The monoisotopic (exact) mass is 435 g/mol. The number of piperazine rings is 1. The van der Waals surface area contributed by atoms with Crippen molar-refractivity contribution in [2.75, 3.05) is 42.9 Å². The second-order valence-corrected chi connectivity index (χ2v) is 8.45. The number of anilines is 2. The van der Waals surface area contributed by atoms with Crippen LogP contribution in [0.1, 0.15) is 10.4 Å². The Bertz CT molecular complexity index is 1010. The number of para-hydroxylation sites is 1. The molecule has 4 rings (SSSR count). The van der Waals surface area contributed by atoms with Gasteiger partial charge >= 0.3 is 0 Å². The van der Waals surface area contributed by atoms with Crippen LogP contribution >= 0.6 is 0 Å². The molecule has 0 saturated carbocycles. The van der Waals surface area contributed by atoms with Crippen LogP contribution in [0, 0.1) is 0 Å². The third-order valence-corrected chi connectivity index (χ3v) is 6.39. The molecule has 1 saturated heterocycles. The van der Waals surface area contributed by atoms with Crippen molar-refractivity contribution >= 4 is 28.6 Å². The van der Waals surface area contributed by atoms with Crippen molar-refractivity contribution in [3.8, 4) is 5.75 Å². The van der Waals surface area contributed by atoms with Crippen LogP contribution < -0.4 is 14.4 Å². The van der Waals surface area contributed by atoms with E-state index in [1.807, 2.05) is 23.1 Å². The van der Waals surface area contributed by atoms with Gasteiger partial charge < -0.3 is 19.1 Å². The van der Waals surface area contributed by atoms with Gasteiger partial charge in [0, 0.05) is 43.5 Å². The molecule has 1 aliphatic heterocycles. The average molecular weight is 436 g/mol. The van der Waals surface area contributed by atoms with Gasteiger partial charge in [-0.05, 0) is 48.5 Å². The first-order valence-corrected chi connectivity index (χ1v) is 11.3. The minimum absolute atomic E-state index is 0.0315. The SMILES string of the molecule is COc1ccc(N[S+]([O-])c2cccc(C(=O)N3CCN(c4ccccc4)CC3)c2)cc1. The summed E-state index contributed by atoms with van der Waals surface area (Å²) >= 11 is -1.48. The Balaban J connectivity index is 1.38. The van der Waals surface area contributed by atoms with Gasteiger partial charge in [0.05, 0.1) is 12.8 Å². The fourth-order valence-electron chi connectivity index (χ4n) is 3.56. The van der Waals surface area contributed by atoms with Crippen LogP contribution in [0.4, 0.5) is 11.4 Å². The summed E-state index contributed by atoms with van der Waals surface area (Å²) in [6.45, 7) is 2.90. The summed E-state index contributed by atoms with van der Waals surface area (Å²) in [5.74, 6) is 0.701. The van der Waals surface area contributed by atoms with Gasteiger partial charge in [0.1, 0.15) is 17.1 Å². The highest BCUT2D eigenvalue weighted by Gasteiger charge is 2.23. The second-order valence-electron chi connectivity index (χ2n) is 7.24. The van der Waals surface area contributed by atoms with Crippen LogP contribution in [-0.4, -0.2) is 48.6 Å². The number of nitrogens with zero attached hydrogens (tertiary/aromatic N) is 2. The van der Waals surface area contributed by atoms with Crippen LogP contribution in [-0.2, 0) is 11.4 Å². The van der Waals surface area contributed by atoms with Crippen molar-refractivity contribution < 1.29 is 14.1 Å². The topological polar surface area (TPSA) is 67.9 Å². The number of nitrogens with one attached hydrogen (secondary N) is 1. The van der Waals surface area contributed by atoms with Crippen LogP contribution in [0.5, 0.6) is 5.75 Å². The molecule has 7 heteroatoms. The number of hydrogen-bond donors (Lipinski definition) is 1. The zero-order valence-corrected chi connectivity index (χ0v) is 18.2. The molecule has 0 radical (unpaired) electrons. The number of carbonyl (C=O) groups excluding carboxylic acids is 1. The first-order chi connectivity index (χ1) is 15.1. The summed E-state index contributed by atoms with van der Waals surface area (Å²) in [6.07, 6.45) is 0. The van der Waals surface area contributed by atoms with Crippen molar-refractivity contribution in [3.63, 3.8) is 0 Å². The highest BCUT2D eigenvalue weighted by Crippen LogP contribution is 2.21. The van der Waals surface area contributed by atoms with Gasteiger partial charge in [-0.25, -0.2) is 4.72 Å². The number of ether oxygens (including phenoxy) is 1. The normalized spacial score (nSPS) is 14.8. The summed E-state index contributed by atoms with van der Waals surface area (Å²) in [4.78, 5) is 17.7. The number of benzene rings is 3. The molecule has 160 valence electrons. The molecule has 1 atom stereocenters. The van der Waals surface area contributed by atoms with Crippen LogP contribution in [0.3, 0.4) is 0 Å². The molecule has 0 aliphatic carbocycles.